The third kappa shape index (κ3) is 4.56. The molecule has 0 saturated carbocycles. The highest BCUT2D eigenvalue weighted by atomic mass is 15.0. The Bertz CT molecular complexity index is 631. The maximum atomic E-state index is 4.28. The summed E-state index contributed by atoms with van der Waals surface area (Å²) in [6.07, 6.45) is 1.58. The molecule has 0 fully saturated rings. The van der Waals surface area contributed by atoms with E-state index in [9.17, 15) is 0 Å². The number of para-hydroxylation sites is 2. The van der Waals surface area contributed by atoms with Crippen LogP contribution in [0.3, 0.4) is 0 Å². The van der Waals surface area contributed by atoms with Gasteiger partial charge in [-0.2, -0.15) is 0 Å². The smallest absolute Gasteiger partial charge is 0.141 e. The second-order valence-electron chi connectivity index (χ2n) is 3.73. The minimum atomic E-state index is 0.835. The number of nitrogens with zero attached hydrogens (tertiary/aromatic N) is 2. The van der Waals surface area contributed by atoms with E-state index in [1.807, 2.05) is 82.3 Å². The fraction of sp³-hybridized carbons (Fsp3) is 0.222. The molecule has 0 unspecified atom stereocenters. The quantitative estimate of drug-likeness (QED) is 0.681. The summed E-state index contributed by atoms with van der Waals surface area (Å²) < 4.78 is 0. The maximum absolute atomic E-state index is 4.28. The van der Waals surface area contributed by atoms with E-state index in [0.717, 1.165) is 22.4 Å². The first-order valence-electron chi connectivity index (χ1n) is 7.45. The van der Waals surface area contributed by atoms with Crippen molar-refractivity contribution in [1.29, 1.82) is 0 Å². The Morgan fingerprint density at radius 3 is 2.05 bits per heavy atom. The highest BCUT2D eigenvalue weighted by molar-refractivity contribution is 5.90. The van der Waals surface area contributed by atoms with Crippen molar-refractivity contribution in [3.05, 3.63) is 60.9 Å². The monoisotopic (exact) mass is 281 g/mol. The predicted octanol–water partition coefficient (Wildman–Crippen LogP) is 5.43. The zero-order chi connectivity index (χ0) is 15.5. The molecule has 3 nitrogen and oxygen atoms in total. The molecule has 0 aliphatic rings. The van der Waals surface area contributed by atoms with Crippen LogP contribution in [-0.4, -0.2) is 9.97 Å². The predicted molar refractivity (Wildman–Crippen MR) is 92.0 cm³/mol. The lowest BCUT2D eigenvalue weighted by Crippen LogP contribution is -1.95. The summed E-state index contributed by atoms with van der Waals surface area (Å²) >= 11 is 0. The van der Waals surface area contributed by atoms with Crippen LogP contribution < -0.4 is 5.32 Å². The molecule has 0 amide bonds. The molecule has 0 aliphatic heterocycles. The summed E-state index contributed by atoms with van der Waals surface area (Å²) in [6.45, 7) is 8.00. The van der Waals surface area contributed by atoms with Gasteiger partial charge in [0, 0.05) is 11.1 Å². The van der Waals surface area contributed by atoms with Gasteiger partial charge < -0.3 is 5.32 Å². The molecule has 0 bridgehead atoms. The van der Waals surface area contributed by atoms with Crippen LogP contribution in [-0.2, 0) is 0 Å². The summed E-state index contributed by atoms with van der Waals surface area (Å²) in [5.74, 6) is 0.835. The summed E-state index contributed by atoms with van der Waals surface area (Å²) in [6, 6.07) is 18.0. The van der Waals surface area contributed by atoms with Crippen molar-refractivity contribution in [2.24, 2.45) is 0 Å². The first kappa shape index (κ1) is 16.6. The molecule has 0 saturated heterocycles. The second-order valence-corrected chi connectivity index (χ2v) is 3.73. The normalized spacial score (nSPS) is 8.95. The largest absolute Gasteiger partial charge is 0.340 e. The highest BCUT2D eigenvalue weighted by Crippen LogP contribution is 2.21. The van der Waals surface area contributed by atoms with Crippen LogP contribution >= 0.6 is 0 Å². The lowest BCUT2D eigenvalue weighted by atomic mass is 10.2. The van der Waals surface area contributed by atoms with Gasteiger partial charge in [0.25, 0.3) is 0 Å². The Hall–Kier alpha value is -2.42. The van der Waals surface area contributed by atoms with E-state index in [1.54, 1.807) is 6.33 Å². The molecule has 0 radical (unpaired) electrons. The zero-order valence-electron chi connectivity index (χ0n) is 13.2. The van der Waals surface area contributed by atoms with Crippen molar-refractivity contribution in [3.8, 4) is 0 Å². The molecule has 3 rings (SSSR count). The van der Waals surface area contributed by atoms with E-state index in [4.69, 9.17) is 0 Å². The molecule has 0 atom stereocenters. The molecule has 3 heteroatoms. The van der Waals surface area contributed by atoms with Crippen molar-refractivity contribution in [2.45, 2.75) is 27.7 Å². The standard InChI is InChI=1S/C14H11N3.2C2H6/c1-2-6-11(7-3-1)17-14-12-8-4-5-9-13(12)15-10-16-14;2*1-2/h1-10H,(H,15,16,17);2*1-2H3. The number of hydrogen-bond acceptors (Lipinski definition) is 3. The van der Waals surface area contributed by atoms with Gasteiger partial charge in [0.05, 0.1) is 5.52 Å². The lowest BCUT2D eigenvalue weighted by Gasteiger charge is -2.07. The molecule has 3 aromatic rings. The SMILES string of the molecule is CC.CC.c1ccc(Nc2ncnc3ccccc23)cc1. The number of hydrogen-bond donors (Lipinski definition) is 1. The van der Waals surface area contributed by atoms with Crippen molar-refractivity contribution >= 4 is 22.4 Å². The Labute approximate surface area is 127 Å². The molecule has 0 spiro atoms. The van der Waals surface area contributed by atoms with Crippen LogP contribution in [0.4, 0.5) is 11.5 Å². The van der Waals surface area contributed by atoms with Gasteiger partial charge in [0.15, 0.2) is 0 Å². The molecule has 110 valence electrons. The van der Waals surface area contributed by atoms with Gasteiger partial charge in [0.2, 0.25) is 0 Å². The van der Waals surface area contributed by atoms with Gasteiger partial charge in [-0.3, -0.25) is 0 Å². The van der Waals surface area contributed by atoms with Gasteiger partial charge in [-0.05, 0) is 24.3 Å². The lowest BCUT2D eigenvalue weighted by molar-refractivity contribution is 1.22. The molecular formula is C18H23N3. The molecular weight excluding hydrogens is 258 g/mol. The molecule has 0 aliphatic carbocycles. The van der Waals surface area contributed by atoms with E-state index in [0.29, 0.717) is 0 Å². The van der Waals surface area contributed by atoms with Gasteiger partial charge in [-0.25, -0.2) is 9.97 Å². The Morgan fingerprint density at radius 2 is 1.33 bits per heavy atom. The fourth-order valence-corrected chi connectivity index (χ4v) is 1.76. The summed E-state index contributed by atoms with van der Waals surface area (Å²) in [5.41, 5.74) is 1.97. The van der Waals surface area contributed by atoms with Crippen molar-refractivity contribution in [2.75, 3.05) is 5.32 Å². The number of benzene rings is 2. The number of nitrogens with one attached hydrogen (secondary N) is 1. The van der Waals surface area contributed by atoms with E-state index >= 15 is 0 Å². The van der Waals surface area contributed by atoms with Crippen LogP contribution in [0.2, 0.25) is 0 Å². The van der Waals surface area contributed by atoms with E-state index in [2.05, 4.69) is 15.3 Å². The number of aromatic nitrogens is 2. The van der Waals surface area contributed by atoms with Gasteiger partial charge in [0.1, 0.15) is 12.1 Å². The van der Waals surface area contributed by atoms with Crippen LogP contribution in [0.5, 0.6) is 0 Å². The summed E-state index contributed by atoms with van der Waals surface area (Å²) in [7, 11) is 0. The first-order valence-corrected chi connectivity index (χ1v) is 7.45. The van der Waals surface area contributed by atoms with E-state index in [1.165, 1.54) is 0 Å². The van der Waals surface area contributed by atoms with Crippen LogP contribution in [0.1, 0.15) is 27.7 Å². The maximum Gasteiger partial charge on any atom is 0.141 e. The molecule has 2 aromatic carbocycles. The summed E-state index contributed by atoms with van der Waals surface area (Å²) in [5, 5.41) is 4.32. The van der Waals surface area contributed by atoms with Crippen molar-refractivity contribution in [1.82, 2.24) is 9.97 Å². The Balaban J connectivity index is 0.000000510. The third-order valence-corrected chi connectivity index (χ3v) is 2.58. The molecule has 21 heavy (non-hydrogen) atoms. The van der Waals surface area contributed by atoms with Gasteiger partial charge in [-0.15, -0.1) is 0 Å². The topological polar surface area (TPSA) is 37.8 Å². The molecule has 1 aromatic heterocycles. The van der Waals surface area contributed by atoms with E-state index < -0.39 is 0 Å². The van der Waals surface area contributed by atoms with Crippen LogP contribution in [0, 0.1) is 0 Å². The third-order valence-electron chi connectivity index (χ3n) is 2.58. The molecule has 1 N–H and O–H groups in total. The van der Waals surface area contributed by atoms with Crippen molar-refractivity contribution in [3.63, 3.8) is 0 Å². The van der Waals surface area contributed by atoms with Crippen LogP contribution in [0.25, 0.3) is 10.9 Å². The zero-order valence-corrected chi connectivity index (χ0v) is 13.2. The highest BCUT2D eigenvalue weighted by Gasteiger charge is 2.02. The van der Waals surface area contributed by atoms with Crippen molar-refractivity contribution < 1.29 is 0 Å². The van der Waals surface area contributed by atoms with E-state index in [-0.39, 0.29) is 0 Å². The molecule has 1 heterocycles. The minimum Gasteiger partial charge on any atom is -0.340 e. The van der Waals surface area contributed by atoms with Crippen LogP contribution in [0.15, 0.2) is 60.9 Å². The summed E-state index contributed by atoms with van der Waals surface area (Å²) in [4.78, 5) is 8.51. The Kier molecular flexibility index (Phi) is 7.51. The first-order chi connectivity index (χ1) is 10.4. The van der Waals surface area contributed by atoms with Gasteiger partial charge in [-0.1, -0.05) is 58.0 Å². The Morgan fingerprint density at radius 1 is 0.714 bits per heavy atom. The van der Waals surface area contributed by atoms with Gasteiger partial charge >= 0.3 is 0 Å². The average Bonchev–Trinajstić information content (AvgIpc) is 2.60. The fourth-order valence-electron chi connectivity index (χ4n) is 1.76. The number of anilines is 2. The number of fused-ring (bicyclic) bond motifs is 1. The minimum absolute atomic E-state index is 0.835. The second kappa shape index (κ2) is 9.48. The number of rotatable bonds is 2. The average molecular weight is 281 g/mol.